The molecular weight excluding hydrogens is 286 g/mol. The fourth-order valence-electron chi connectivity index (χ4n) is 5.01. The summed E-state index contributed by atoms with van der Waals surface area (Å²) in [7, 11) is 0. The third-order valence-corrected chi connectivity index (χ3v) is 5.59. The predicted molar refractivity (Wildman–Crippen MR) is 92.9 cm³/mol. The maximum atomic E-state index is 12.9. The molecule has 0 heterocycles. The molecule has 0 radical (unpaired) electrons. The Kier molecular flexibility index (Phi) is 4.56. The number of aromatic hydroxyl groups is 1. The number of ketones is 1. The molecule has 124 valence electrons. The normalized spacial score (nSPS) is 33.7. The first-order chi connectivity index (χ1) is 11.0. The third kappa shape index (κ3) is 3.65. The van der Waals surface area contributed by atoms with Crippen LogP contribution in [0.2, 0.25) is 0 Å². The second kappa shape index (κ2) is 6.46. The maximum absolute atomic E-state index is 12.9. The quantitative estimate of drug-likeness (QED) is 0.846. The summed E-state index contributed by atoms with van der Waals surface area (Å²) in [5.74, 6) is 2.62. The molecule has 3 nitrogen and oxygen atoms in total. The van der Waals surface area contributed by atoms with Gasteiger partial charge in [-0.15, -0.1) is 0 Å². The molecule has 0 amide bonds. The van der Waals surface area contributed by atoms with E-state index in [4.69, 9.17) is 0 Å². The molecule has 2 aliphatic carbocycles. The van der Waals surface area contributed by atoms with E-state index in [1.54, 1.807) is 18.3 Å². The van der Waals surface area contributed by atoms with Crippen LogP contribution >= 0.6 is 0 Å². The Labute approximate surface area is 138 Å². The average Bonchev–Trinajstić information content (AvgIpc) is 2.47. The topological polar surface area (TPSA) is 49.7 Å². The van der Waals surface area contributed by atoms with Crippen molar-refractivity contribution in [1.29, 1.82) is 0 Å². The van der Waals surface area contributed by atoms with Crippen LogP contribution in [0.3, 0.4) is 0 Å². The lowest BCUT2D eigenvalue weighted by Crippen LogP contribution is -2.45. The van der Waals surface area contributed by atoms with Gasteiger partial charge in [0.2, 0.25) is 0 Å². The van der Waals surface area contributed by atoms with Gasteiger partial charge in [0, 0.05) is 11.6 Å². The molecule has 0 aromatic heterocycles. The van der Waals surface area contributed by atoms with Crippen molar-refractivity contribution in [2.75, 3.05) is 6.54 Å². The van der Waals surface area contributed by atoms with Crippen molar-refractivity contribution in [3.8, 4) is 5.75 Å². The molecule has 2 aliphatic rings. The van der Waals surface area contributed by atoms with Crippen LogP contribution < -0.4 is 0 Å². The minimum absolute atomic E-state index is 0.119. The Hall–Kier alpha value is -1.64. The number of benzene rings is 1. The number of fused-ring (bicyclic) bond motifs is 2. The molecule has 1 N–H and O–H groups in total. The molecule has 2 atom stereocenters. The second-order valence-electron chi connectivity index (χ2n) is 7.92. The first-order valence-corrected chi connectivity index (χ1v) is 8.79. The Morgan fingerprint density at radius 1 is 1.17 bits per heavy atom. The number of aliphatic imine (C=N–C) groups is 1. The molecule has 2 unspecified atom stereocenters. The zero-order valence-corrected chi connectivity index (χ0v) is 14.2. The second-order valence-corrected chi connectivity index (χ2v) is 7.92. The Morgan fingerprint density at radius 3 is 2.39 bits per heavy atom. The number of carbonyl (C=O) groups is 1. The molecule has 0 aliphatic heterocycles. The molecule has 0 spiro atoms. The number of nitrogens with zero attached hydrogens (tertiary/aromatic N) is 1. The Bertz CT molecular complexity index is 571. The summed E-state index contributed by atoms with van der Waals surface area (Å²) < 4.78 is 0. The van der Waals surface area contributed by atoms with Crippen LogP contribution in [0, 0.1) is 23.2 Å². The van der Waals surface area contributed by atoms with Crippen molar-refractivity contribution in [1.82, 2.24) is 0 Å². The minimum atomic E-state index is -0.119. The lowest BCUT2D eigenvalue weighted by molar-refractivity contribution is -0.135. The standard InChI is InChI=1S/C20H27NO2/c1-14-7-17-8-15(2)10-20(9-14,11-17)19(23)13-21-12-16-3-5-18(22)6-4-16/h3-6,12,14-15,17,22H,7-11,13H2,1-2H3. The maximum Gasteiger partial charge on any atom is 0.160 e. The van der Waals surface area contributed by atoms with Crippen molar-refractivity contribution in [3.63, 3.8) is 0 Å². The molecular formula is C20H27NO2. The molecule has 1 aromatic carbocycles. The van der Waals surface area contributed by atoms with Crippen molar-refractivity contribution in [2.45, 2.75) is 46.0 Å². The van der Waals surface area contributed by atoms with Crippen molar-refractivity contribution in [3.05, 3.63) is 29.8 Å². The zero-order chi connectivity index (χ0) is 16.4. The van der Waals surface area contributed by atoms with E-state index in [1.165, 1.54) is 12.8 Å². The number of Topliss-reactive ketones (excluding diaryl/α,β-unsaturated/α-hetero) is 1. The fourth-order valence-corrected chi connectivity index (χ4v) is 5.01. The summed E-state index contributed by atoms with van der Waals surface area (Å²) in [5, 5.41) is 9.29. The van der Waals surface area contributed by atoms with Crippen LogP contribution in [-0.4, -0.2) is 23.6 Å². The molecule has 2 saturated carbocycles. The Balaban J connectivity index is 1.67. The largest absolute Gasteiger partial charge is 0.508 e. The van der Waals surface area contributed by atoms with E-state index >= 15 is 0 Å². The molecule has 23 heavy (non-hydrogen) atoms. The summed E-state index contributed by atoms with van der Waals surface area (Å²) >= 11 is 0. The molecule has 2 bridgehead atoms. The summed E-state index contributed by atoms with van der Waals surface area (Å²) in [5.41, 5.74) is 0.798. The molecule has 0 saturated heterocycles. The van der Waals surface area contributed by atoms with Crippen molar-refractivity contribution >= 4 is 12.0 Å². The van der Waals surface area contributed by atoms with Gasteiger partial charge in [0.25, 0.3) is 0 Å². The van der Waals surface area contributed by atoms with Crippen molar-refractivity contribution in [2.24, 2.45) is 28.2 Å². The van der Waals surface area contributed by atoms with E-state index in [-0.39, 0.29) is 17.7 Å². The monoisotopic (exact) mass is 313 g/mol. The minimum Gasteiger partial charge on any atom is -0.508 e. The van der Waals surface area contributed by atoms with Gasteiger partial charge < -0.3 is 5.11 Å². The van der Waals surface area contributed by atoms with Gasteiger partial charge in [-0.05, 0) is 79.7 Å². The van der Waals surface area contributed by atoms with Crippen LogP contribution in [0.5, 0.6) is 5.75 Å². The zero-order valence-electron chi connectivity index (χ0n) is 14.2. The van der Waals surface area contributed by atoms with E-state index in [9.17, 15) is 9.90 Å². The van der Waals surface area contributed by atoms with Gasteiger partial charge >= 0.3 is 0 Å². The van der Waals surface area contributed by atoms with Gasteiger partial charge in [0.05, 0.1) is 6.54 Å². The molecule has 1 aromatic rings. The lowest BCUT2D eigenvalue weighted by Gasteiger charge is -2.48. The van der Waals surface area contributed by atoms with Crippen LogP contribution in [-0.2, 0) is 4.79 Å². The van der Waals surface area contributed by atoms with E-state index < -0.39 is 0 Å². The first kappa shape index (κ1) is 16.2. The smallest absolute Gasteiger partial charge is 0.160 e. The fraction of sp³-hybridized carbons (Fsp3) is 0.600. The first-order valence-electron chi connectivity index (χ1n) is 8.79. The SMILES string of the molecule is CC1CC2CC(C)CC(C(=O)CN=Cc3ccc(O)cc3)(C1)C2. The Morgan fingerprint density at radius 2 is 1.78 bits per heavy atom. The van der Waals surface area contributed by atoms with Crippen LogP contribution in [0.1, 0.15) is 51.5 Å². The number of hydrogen-bond acceptors (Lipinski definition) is 3. The van der Waals surface area contributed by atoms with Gasteiger partial charge in [0.15, 0.2) is 5.78 Å². The molecule has 3 heteroatoms. The number of hydrogen-bond donors (Lipinski definition) is 1. The average molecular weight is 313 g/mol. The van der Waals surface area contributed by atoms with Gasteiger partial charge in [-0.25, -0.2) is 0 Å². The van der Waals surface area contributed by atoms with Gasteiger partial charge in [-0.1, -0.05) is 13.8 Å². The van der Waals surface area contributed by atoms with Crippen LogP contribution in [0.25, 0.3) is 0 Å². The summed E-state index contributed by atoms with van der Waals surface area (Å²) in [6.45, 7) is 4.88. The summed E-state index contributed by atoms with van der Waals surface area (Å²) in [6, 6.07) is 6.89. The number of rotatable bonds is 4. The number of carbonyl (C=O) groups excluding carboxylic acids is 1. The van der Waals surface area contributed by atoms with Gasteiger partial charge in [-0.2, -0.15) is 0 Å². The highest BCUT2D eigenvalue weighted by molar-refractivity contribution is 5.89. The van der Waals surface area contributed by atoms with Crippen molar-refractivity contribution < 1.29 is 9.90 Å². The van der Waals surface area contributed by atoms with E-state index in [2.05, 4.69) is 18.8 Å². The molecule has 3 rings (SSSR count). The van der Waals surface area contributed by atoms with E-state index in [0.717, 1.165) is 30.7 Å². The highest BCUT2D eigenvalue weighted by Crippen LogP contribution is 2.53. The number of phenolic OH excluding ortho intramolecular Hbond substituents is 1. The summed E-state index contributed by atoms with van der Waals surface area (Å²) in [4.78, 5) is 17.3. The summed E-state index contributed by atoms with van der Waals surface area (Å²) in [6.07, 6.45) is 7.48. The van der Waals surface area contributed by atoms with Crippen LogP contribution in [0.15, 0.2) is 29.3 Å². The van der Waals surface area contributed by atoms with Gasteiger partial charge in [-0.3, -0.25) is 9.79 Å². The number of phenols is 1. The lowest BCUT2D eigenvalue weighted by atomic mass is 9.55. The molecule has 2 fully saturated rings. The van der Waals surface area contributed by atoms with Crippen LogP contribution in [0.4, 0.5) is 0 Å². The highest BCUT2D eigenvalue weighted by Gasteiger charge is 2.48. The van der Waals surface area contributed by atoms with E-state index in [1.807, 2.05) is 12.1 Å². The van der Waals surface area contributed by atoms with E-state index in [0.29, 0.717) is 17.6 Å². The highest BCUT2D eigenvalue weighted by atomic mass is 16.3. The van der Waals surface area contributed by atoms with Gasteiger partial charge in [0.1, 0.15) is 5.75 Å². The third-order valence-electron chi connectivity index (χ3n) is 5.59. The predicted octanol–water partition coefficient (Wildman–Crippen LogP) is 4.23.